The Morgan fingerprint density at radius 1 is 1.12 bits per heavy atom. The summed E-state index contributed by atoms with van der Waals surface area (Å²) >= 11 is 7.74. The minimum absolute atomic E-state index is 0.246. The van der Waals surface area contributed by atoms with Gasteiger partial charge in [0.2, 0.25) is 0 Å². The maximum Gasteiger partial charge on any atom is 0.138 e. The van der Waals surface area contributed by atoms with E-state index in [1.165, 1.54) is 18.4 Å². The molecule has 0 amide bonds. The zero-order valence-corrected chi connectivity index (χ0v) is 19.5. The molecule has 3 heterocycles. The van der Waals surface area contributed by atoms with Crippen molar-refractivity contribution >= 4 is 39.0 Å². The predicted molar refractivity (Wildman–Crippen MR) is 133 cm³/mol. The largest absolute Gasteiger partial charge is 0.497 e. The number of nitrogens with one attached hydrogen (secondary N) is 1. The Balaban J connectivity index is 1.47. The van der Waals surface area contributed by atoms with Crippen molar-refractivity contribution in [3.63, 3.8) is 0 Å². The fourth-order valence-electron chi connectivity index (χ4n) is 4.40. The monoisotopic (exact) mass is 464 g/mol. The van der Waals surface area contributed by atoms with E-state index in [4.69, 9.17) is 16.3 Å². The first-order valence-electron chi connectivity index (χ1n) is 10.8. The van der Waals surface area contributed by atoms with Crippen molar-refractivity contribution in [2.75, 3.05) is 32.1 Å². The van der Waals surface area contributed by atoms with Crippen molar-refractivity contribution in [3.05, 3.63) is 70.8 Å². The normalized spacial score (nSPS) is 15.2. The summed E-state index contributed by atoms with van der Waals surface area (Å²) in [5.74, 6) is 1.76. The van der Waals surface area contributed by atoms with Gasteiger partial charge in [-0.05, 0) is 61.3 Å². The van der Waals surface area contributed by atoms with E-state index in [-0.39, 0.29) is 6.04 Å². The molecule has 2 aromatic heterocycles. The van der Waals surface area contributed by atoms with Crippen LogP contribution in [0.1, 0.15) is 24.4 Å². The van der Waals surface area contributed by atoms with Crippen LogP contribution in [0.15, 0.2) is 60.2 Å². The Bertz CT molecular complexity index is 1200. The van der Waals surface area contributed by atoms with Crippen molar-refractivity contribution in [2.45, 2.75) is 18.9 Å². The van der Waals surface area contributed by atoms with Crippen molar-refractivity contribution in [1.29, 1.82) is 0 Å². The fourth-order valence-corrected chi connectivity index (χ4v) is 5.45. The molecular weight excluding hydrogens is 440 g/mol. The van der Waals surface area contributed by atoms with Crippen LogP contribution in [0.2, 0.25) is 5.02 Å². The van der Waals surface area contributed by atoms with Crippen LogP contribution >= 0.6 is 22.9 Å². The molecule has 164 valence electrons. The van der Waals surface area contributed by atoms with E-state index >= 15 is 0 Å². The third-order valence-electron chi connectivity index (χ3n) is 6.05. The smallest absolute Gasteiger partial charge is 0.138 e. The van der Waals surface area contributed by atoms with E-state index in [2.05, 4.69) is 43.8 Å². The molecule has 0 radical (unpaired) electrons. The lowest BCUT2D eigenvalue weighted by Crippen LogP contribution is -2.31. The van der Waals surface area contributed by atoms with E-state index in [1.54, 1.807) is 24.8 Å². The molecule has 1 fully saturated rings. The Morgan fingerprint density at radius 3 is 2.72 bits per heavy atom. The van der Waals surface area contributed by atoms with Crippen LogP contribution in [-0.2, 0) is 0 Å². The topological polar surface area (TPSA) is 50.3 Å². The molecular formula is C25H25ClN4OS. The van der Waals surface area contributed by atoms with Gasteiger partial charge in [-0.2, -0.15) is 0 Å². The maximum atomic E-state index is 6.10. The molecule has 32 heavy (non-hydrogen) atoms. The van der Waals surface area contributed by atoms with E-state index < -0.39 is 0 Å². The standard InChI is InChI=1S/C25H25ClN4OS/c1-31-20-6-4-5-18(13-20)22(30-11-2-3-12-30)14-27-24-23-21(15-32-25(23)29-16-28-24)17-7-9-19(26)10-8-17/h4-10,13,15-16,22H,2-3,11-12,14H2,1H3,(H,27,28,29). The van der Waals surface area contributed by atoms with Gasteiger partial charge in [0.1, 0.15) is 22.7 Å². The van der Waals surface area contributed by atoms with Crippen LogP contribution in [0.3, 0.4) is 0 Å². The number of anilines is 1. The summed E-state index contributed by atoms with van der Waals surface area (Å²) in [5.41, 5.74) is 3.50. The Morgan fingerprint density at radius 2 is 1.94 bits per heavy atom. The van der Waals surface area contributed by atoms with Crippen LogP contribution in [0.4, 0.5) is 5.82 Å². The van der Waals surface area contributed by atoms with Crippen LogP contribution in [-0.4, -0.2) is 41.6 Å². The zero-order valence-electron chi connectivity index (χ0n) is 17.9. The van der Waals surface area contributed by atoms with E-state index in [1.807, 2.05) is 30.3 Å². The molecule has 5 rings (SSSR count). The van der Waals surface area contributed by atoms with E-state index in [0.717, 1.165) is 57.6 Å². The number of rotatable bonds is 7. The fraction of sp³-hybridized carbons (Fsp3) is 0.280. The number of benzene rings is 2. The van der Waals surface area contributed by atoms with Gasteiger partial charge in [0.15, 0.2) is 0 Å². The number of hydrogen-bond acceptors (Lipinski definition) is 6. The Hall–Kier alpha value is -2.67. The summed E-state index contributed by atoms with van der Waals surface area (Å²) in [6.07, 6.45) is 4.12. The van der Waals surface area contributed by atoms with Gasteiger partial charge in [0.05, 0.1) is 18.5 Å². The first-order chi connectivity index (χ1) is 15.7. The van der Waals surface area contributed by atoms with Gasteiger partial charge in [-0.15, -0.1) is 11.3 Å². The van der Waals surface area contributed by atoms with Crippen molar-refractivity contribution in [1.82, 2.24) is 14.9 Å². The highest BCUT2D eigenvalue weighted by molar-refractivity contribution is 7.17. The molecule has 4 aromatic rings. The van der Waals surface area contributed by atoms with Crippen LogP contribution in [0, 0.1) is 0 Å². The van der Waals surface area contributed by atoms with Crippen LogP contribution in [0.5, 0.6) is 5.75 Å². The number of fused-ring (bicyclic) bond motifs is 1. The number of aromatic nitrogens is 2. The molecule has 0 bridgehead atoms. The summed E-state index contributed by atoms with van der Waals surface area (Å²) in [6, 6.07) is 16.6. The van der Waals surface area contributed by atoms with Crippen LogP contribution < -0.4 is 10.1 Å². The Labute approximate surface area is 197 Å². The number of ether oxygens (including phenoxy) is 1. The minimum atomic E-state index is 0.246. The molecule has 1 unspecified atom stereocenters. The lowest BCUT2D eigenvalue weighted by atomic mass is 10.0. The second-order valence-corrected chi connectivity index (χ2v) is 9.27. The second kappa shape index (κ2) is 9.45. The highest BCUT2D eigenvalue weighted by Gasteiger charge is 2.24. The highest BCUT2D eigenvalue weighted by Crippen LogP contribution is 2.37. The van der Waals surface area contributed by atoms with Crippen LogP contribution in [0.25, 0.3) is 21.3 Å². The summed E-state index contributed by atoms with van der Waals surface area (Å²) in [5, 5.41) is 7.59. The number of hydrogen-bond donors (Lipinski definition) is 1. The number of likely N-dealkylation sites (tertiary alicyclic amines) is 1. The van der Waals surface area contributed by atoms with Gasteiger partial charge in [0.25, 0.3) is 0 Å². The van der Waals surface area contributed by atoms with Gasteiger partial charge in [-0.3, -0.25) is 4.90 Å². The van der Waals surface area contributed by atoms with Gasteiger partial charge in [0, 0.05) is 22.5 Å². The molecule has 1 saturated heterocycles. The van der Waals surface area contributed by atoms with Crippen molar-refractivity contribution in [3.8, 4) is 16.9 Å². The predicted octanol–water partition coefficient (Wildman–Crippen LogP) is 6.27. The number of thiophene rings is 1. The minimum Gasteiger partial charge on any atom is -0.497 e. The molecule has 2 aromatic carbocycles. The van der Waals surface area contributed by atoms with Gasteiger partial charge < -0.3 is 10.1 Å². The molecule has 0 saturated carbocycles. The molecule has 5 nitrogen and oxygen atoms in total. The molecule has 1 aliphatic heterocycles. The van der Waals surface area contributed by atoms with Crippen molar-refractivity contribution in [2.24, 2.45) is 0 Å². The number of nitrogens with zero attached hydrogens (tertiary/aromatic N) is 3. The first kappa shape index (κ1) is 21.2. The summed E-state index contributed by atoms with van der Waals surface area (Å²) < 4.78 is 5.48. The average Bonchev–Trinajstić information content (AvgIpc) is 3.51. The second-order valence-electron chi connectivity index (χ2n) is 7.98. The first-order valence-corrected chi connectivity index (χ1v) is 12.1. The van der Waals surface area contributed by atoms with Gasteiger partial charge >= 0.3 is 0 Å². The lowest BCUT2D eigenvalue weighted by Gasteiger charge is -2.28. The molecule has 1 aliphatic rings. The zero-order chi connectivity index (χ0) is 21.9. The maximum absolute atomic E-state index is 6.10. The number of halogens is 1. The molecule has 1 atom stereocenters. The third kappa shape index (κ3) is 4.31. The molecule has 1 N–H and O–H groups in total. The lowest BCUT2D eigenvalue weighted by molar-refractivity contribution is 0.255. The summed E-state index contributed by atoms with van der Waals surface area (Å²) in [4.78, 5) is 12.7. The van der Waals surface area contributed by atoms with Gasteiger partial charge in [-0.25, -0.2) is 9.97 Å². The van der Waals surface area contributed by atoms with E-state index in [0.29, 0.717) is 0 Å². The molecule has 0 aliphatic carbocycles. The van der Waals surface area contributed by atoms with Crippen molar-refractivity contribution < 1.29 is 4.74 Å². The third-order valence-corrected chi connectivity index (χ3v) is 7.19. The SMILES string of the molecule is COc1cccc(C(CNc2ncnc3scc(-c4ccc(Cl)cc4)c23)N2CCCC2)c1. The molecule has 7 heteroatoms. The summed E-state index contributed by atoms with van der Waals surface area (Å²) in [6.45, 7) is 2.98. The number of methoxy groups -OCH3 is 1. The summed E-state index contributed by atoms with van der Waals surface area (Å²) in [7, 11) is 1.72. The Kier molecular flexibility index (Phi) is 6.26. The molecule has 0 spiro atoms. The quantitative estimate of drug-likeness (QED) is 0.349. The van der Waals surface area contributed by atoms with E-state index in [9.17, 15) is 0 Å². The average molecular weight is 465 g/mol. The van der Waals surface area contributed by atoms with Gasteiger partial charge in [-0.1, -0.05) is 35.9 Å². The highest BCUT2D eigenvalue weighted by atomic mass is 35.5.